The van der Waals surface area contributed by atoms with Crippen LogP contribution >= 0.6 is 11.3 Å². The maximum absolute atomic E-state index is 12.7. The van der Waals surface area contributed by atoms with Gasteiger partial charge in [0.1, 0.15) is 0 Å². The van der Waals surface area contributed by atoms with Gasteiger partial charge in [-0.15, -0.1) is 11.3 Å². The smallest absolute Gasteiger partial charge is 0.268 e. The van der Waals surface area contributed by atoms with Crippen LogP contribution in [-0.2, 0) is 6.18 Å². The Balaban J connectivity index is 1.71. The minimum Gasteiger partial charge on any atom is -0.268 e. The van der Waals surface area contributed by atoms with Gasteiger partial charge in [0, 0.05) is 4.88 Å². The maximum atomic E-state index is 12.7. The molecule has 0 saturated carbocycles. The molecule has 3 nitrogen and oxygen atoms in total. The van der Waals surface area contributed by atoms with Crippen molar-refractivity contribution in [2.45, 2.75) is 6.18 Å². The van der Waals surface area contributed by atoms with Crippen molar-refractivity contribution < 1.29 is 22.8 Å². The highest BCUT2D eigenvalue weighted by Crippen LogP contribution is 2.35. The largest absolute Gasteiger partial charge is 0.416 e. The van der Waals surface area contributed by atoms with Gasteiger partial charge in [-0.25, -0.2) is 4.90 Å². The Morgan fingerprint density at radius 1 is 0.846 bits per heavy atom. The molecule has 2 heterocycles. The van der Waals surface area contributed by atoms with Crippen LogP contribution in [0, 0.1) is 0 Å². The van der Waals surface area contributed by atoms with E-state index in [0.717, 1.165) is 39.6 Å². The summed E-state index contributed by atoms with van der Waals surface area (Å²) in [5, 5.41) is 1.91. The molecule has 0 aliphatic carbocycles. The zero-order valence-electron chi connectivity index (χ0n) is 13.1. The number of nitrogens with zero attached hydrogens (tertiary/aromatic N) is 1. The molecule has 0 saturated heterocycles. The molecular formula is C19H10F3NO2S. The van der Waals surface area contributed by atoms with E-state index in [1.165, 1.54) is 11.3 Å². The second-order valence-corrected chi connectivity index (χ2v) is 6.68. The summed E-state index contributed by atoms with van der Waals surface area (Å²) < 4.78 is 38.1. The van der Waals surface area contributed by atoms with E-state index in [4.69, 9.17) is 0 Å². The lowest BCUT2D eigenvalue weighted by Gasteiger charge is -2.15. The van der Waals surface area contributed by atoms with E-state index in [1.54, 1.807) is 18.2 Å². The molecule has 3 aromatic rings. The number of carbonyl (C=O) groups excluding carboxylic acids is 2. The fraction of sp³-hybridized carbons (Fsp3) is 0.0526. The van der Waals surface area contributed by atoms with Crippen LogP contribution in [0.15, 0.2) is 60.0 Å². The zero-order valence-corrected chi connectivity index (χ0v) is 13.9. The number of fused-ring (bicyclic) bond motifs is 1. The molecule has 1 aliphatic heterocycles. The van der Waals surface area contributed by atoms with Crippen LogP contribution in [0.1, 0.15) is 26.3 Å². The first-order chi connectivity index (χ1) is 12.4. The van der Waals surface area contributed by atoms with Crippen molar-refractivity contribution in [2.24, 2.45) is 0 Å². The van der Waals surface area contributed by atoms with Crippen LogP contribution in [0.25, 0.3) is 10.4 Å². The van der Waals surface area contributed by atoms with Crippen LogP contribution < -0.4 is 4.90 Å². The number of rotatable bonds is 2. The quantitative estimate of drug-likeness (QED) is 0.577. The van der Waals surface area contributed by atoms with Gasteiger partial charge in [0.05, 0.1) is 22.4 Å². The van der Waals surface area contributed by atoms with Crippen molar-refractivity contribution in [3.05, 3.63) is 76.7 Å². The zero-order chi connectivity index (χ0) is 18.5. The van der Waals surface area contributed by atoms with Crippen LogP contribution in [0.3, 0.4) is 0 Å². The standard InChI is InChI=1S/C19H10F3NO2S/c20-19(21,22)12-4-6-13(7-5-12)23-17(24)14-8-3-11(10-15(14)18(23)25)16-2-1-9-26-16/h1-10H. The highest BCUT2D eigenvalue weighted by Gasteiger charge is 2.37. The summed E-state index contributed by atoms with van der Waals surface area (Å²) in [6, 6.07) is 12.7. The van der Waals surface area contributed by atoms with Crippen molar-refractivity contribution in [1.82, 2.24) is 0 Å². The minimum atomic E-state index is -4.48. The van der Waals surface area contributed by atoms with Gasteiger partial charge < -0.3 is 0 Å². The van der Waals surface area contributed by atoms with Gasteiger partial charge in [-0.2, -0.15) is 13.2 Å². The summed E-state index contributed by atoms with van der Waals surface area (Å²) in [5.74, 6) is -1.08. The molecule has 130 valence electrons. The first kappa shape index (κ1) is 16.5. The Hall–Kier alpha value is -2.93. The second-order valence-electron chi connectivity index (χ2n) is 5.73. The number of alkyl halides is 3. The number of amides is 2. The van der Waals surface area contributed by atoms with Crippen LogP contribution in [0.5, 0.6) is 0 Å². The monoisotopic (exact) mass is 373 g/mol. The molecule has 0 unspecified atom stereocenters. The molecule has 0 atom stereocenters. The molecular weight excluding hydrogens is 363 g/mol. The van der Waals surface area contributed by atoms with Crippen molar-refractivity contribution >= 4 is 28.8 Å². The summed E-state index contributed by atoms with van der Waals surface area (Å²) in [6.07, 6.45) is -4.48. The van der Waals surface area contributed by atoms with E-state index < -0.39 is 23.6 Å². The molecule has 2 aromatic carbocycles. The summed E-state index contributed by atoms with van der Waals surface area (Å²) >= 11 is 1.51. The lowest BCUT2D eigenvalue weighted by molar-refractivity contribution is -0.137. The number of halogens is 3. The molecule has 4 rings (SSSR count). The Morgan fingerprint density at radius 2 is 1.54 bits per heavy atom. The van der Waals surface area contributed by atoms with Crippen LogP contribution in [0.4, 0.5) is 18.9 Å². The fourth-order valence-electron chi connectivity index (χ4n) is 2.87. The summed E-state index contributed by atoms with van der Waals surface area (Å²) in [4.78, 5) is 27.1. The Kier molecular flexibility index (Phi) is 3.69. The van der Waals surface area contributed by atoms with Crippen LogP contribution in [0.2, 0.25) is 0 Å². The summed E-state index contributed by atoms with van der Waals surface area (Å²) in [6.45, 7) is 0. The molecule has 1 aliphatic rings. The third-order valence-corrected chi connectivity index (χ3v) is 5.06. The predicted octanol–water partition coefficient (Wildman–Crippen LogP) is 5.23. The number of thiophene rings is 1. The Morgan fingerprint density at radius 3 is 2.15 bits per heavy atom. The predicted molar refractivity (Wildman–Crippen MR) is 92.3 cm³/mol. The Labute approximate surface area is 150 Å². The summed E-state index contributed by atoms with van der Waals surface area (Å²) in [7, 11) is 0. The second kappa shape index (κ2) is 5.81. The van der Waals surface area contributed by atoms with Gasteiger partial charge in [-0.05, 0) is 53.4 Å². The number of hydrogen-bond acceptors (Lipinski definition) is 3. The highest BCUT2D eigenvalue weighted by molar-refractivity contribution is 7.13. The van der Waals surface area contributed by atoms with Gasteiger partial charge in [-0.1, -0.05) is 12.1 Å². The van der Waals surface area contributed by atoms with Crippen molar-refractivity contribution in [3.63, 3.8) is 0 Å². The van der Waals surface area contributed by atoms with E-state index in [1.807, 2.05) is 17.5 Å². The number of imide groups is 1. The molecule has 0 bridgehead atoms. The topological polar surface area (TPSA) is 37.4 Å². The van der Waals surface area contributed by atoms with Gasteiger partial charge >= 0.3 is 6.18 Å². The molecule has 0 N–H and O–H groups in total. The average molecular weight is 373 g/mol. The lowest BCUT2D eigenvalue weighted by atomic mass is 10.0. The molecule has 2 amide bonds. The third kappa shape index (κ3) is 2.61. The Bertz CT molecular complexity index is 1010. The molecule has 7 heteroatoms. The van der Waals surface area contributed by atoms with Gasteiger partial charge in [-0.3, -0.25) is 9.59 Å². The number of carbonyl (C=O) groups is 2. The average Bonchev–Trinajstić information content (AvgIpc) is 3.22. The molecule has 0 fully saturated rings. The fourth-order valence-corrected chi connectivity index (χ4v) is 3.59. The number of anilines is 1. The lowest BCUT2D eigenvalue weighted by Crippen LogP contribution is -2.29. The van der Waals surface area contributed by atoms with Crippen molar-refractivity contribution in [1.29, 1.82) is 0 Å². The first-order valence-electron chi connectivity index (χ1n) is 7.60. The van der Waals surface area contributed by atoms with E-state index in [0.29, 0.717) is 0 Å². The molecule has 26 heavy (non-hydrogen) atoms. The molecule has 0 spiro atoms. The van der Waals surface area contributed by atoms with Crippen molar-refractivity contribution in [2.75, 3.05) is 4.90 Å². The molecule has 0 radical (unpaired) electrons. The minimum absolute atomic E-state index is 0.113. The van der Waals surface area contributed by atoms with E-state index in [2.05, 4.69) is 0 Å². The first-order valence-corrected chi connectivity index (χ1v) is 8.48. The van der Waals surface area contributed by atoms with Crippen LogP contribution in [-0.4, -0.2) is 11.8 Å². The van der Waals surface area contributed by atoms with Gasteiger partial charge in [0.2, 0.25) is 0 Å². The number of benzene rings is 2. The third-order valence-electron chi connectivity index (χ3n) is 4.15. The number of hydrogen-bond donors (Lipinski definition) is 0. The highest BCUT2D eigenvalue weighted by atomic mass is 32.1. The SMILES string of the molecule is O=C1c2ccc(-c3cccs3)cc2C(=O)N1c1ccc(C(F)(F)F)cc1. The normalized spacial score (nSPS) is 14.0. The van der Waals surface area contributed by atoms with Gasteiger partial charge in [0.15, 0.2) is 0 Å². The van der Waals surface area contributed by atoms with E-state index in [9.17, 15) is 22.8 Å². The van der Waals surface area contributed by atoms with Crippen molar-refractivity contribution in [3.8, 4) is 10.4 Å². The van der Waals surface area contributed by atoms with E-state index in [-0.39, 0.29) is 16.8 Å². The van der Waals surface area contributed by atoms with Gasteiger partial charge in [0.25, 0.3) is 11.8 Å². The van der Waals surface area contributed by atoms with E-state index >= 15 is 0 Å². The molecule has 1 aromatic heterocycles. The maximum Gasteiger partial charge on any atom is 0.416 e. The summed E-state index contributed by atoms with van der Waals surface area (Å²) in [5.41, 5.74) is 0.588.